The maximum Gasteiger partial charge on any atom is 0.255 e. The molecule has 1 saturated heterocycles. The second-order valence-corrected chi connectivity index (χ2v) is 5.90. The quantitative estimate of drug-likeness (QED) is 0.859. The number of nitrogens with zero attached hydrogens (tertiary/aromatic N) is 2. The van der Waals surface area contributed by atoms with Crippen LogP contribution >= 0.6 is 11.6 Å². The molecule has 1 heterocycles. The number of amides is 1. The average molecular weight is 334 g/mol. The SMILES string of the molecule is Nc1ccc(Cl)c(C(=O)N2CCN(c3ccc(F)cc3)CC2)c1. The molecule has 0 radical (unpaired) electrons. The molecule has 0 unspecified atom stereocenters. The van der Waals surface area contributed by atoms with Gasteiger partial charge in [-0.1, -0.05) is 11.6 Å². The van der Waals surface area contributed by atoms with Crippen LogP contribution in [0.4, 0.5) is 15.8 Å². The number of rotatable bonds is 2. The van der Waals surface area contributed by atoms with E-state index in [1.54, 1.807) is 35.2 Å². The third-order valence-corrected chi connectivity index (χ3v) is 4.31. The topological polar surface area (TPSA) is 49.6 Å². The first-order valence-corrected chi connectivity index (χ1v) is 7.77. The van der Waals surface area contributed by atoms with Crippen LogP contribution in [0.1, 0.15) is 10.4 Å². The van der Waals surface area contributed by atoms with Crippen LogP contribution in [0, 0.1) is 5.82 Å². The van der Waals surface area contributed by atoms with E-state index in [-0.39, 0.29) is 11.7 Å². The third kappa shape index (κ3) is 3.40. The number of hydrogen-bond acceptors (Lipinski definition) is 3. The molecule has 1 amide bonds. The van der Waals surface area contributed by atoms with Crippen molar-refractivity contribution in [3.05, 3.63) is 58.9 Å². The molecular formula is C17H17ClFN3O. The Labute approximate surface area is 139 Å². The minimum absolute atomic E-state index is 0.110. The summed E-state index contributed by atoms with van der Waals surface area (Å²) in [5, 5.41) is 0.408. The molecule has 23 heavy (non-hydrogen) atoms. The van der Waals surface area contributed by atoms with E-state index in [1.807, 2.05) is 0 Å². The highest BCUT2D eigenvalue weighted by atomic mass is 35.5. The highest BCUT2D eigenvalue weighted by molar-refractivity contribution is 6.34. The van der Waals surface area contributed by atoms with Crippen LogP contribution in [0.3, 0.4) is 0 Å². The molecule has 2 aromatic rings. The van der Waals surface area contributed by atoms with Gasteiger partial charge in [0.15, 0.2) is 0 Å². The fourth-order valence-electron chi connectivity index (χ4n) is 2.70. The average Bonchev–Trinajstić information content (AvgIpc) is 2.57. The lowest BCUT2D eigenvalue weighted by Gasteiger charge is -2.36. The molecule has 120 valence electrons. The van der Waals surface area contributed by atoms with Crippen molar-refractivity contribution in [3.63, 3.8) is 0 Å². The second kappa shape index (κ2) is 6.46. The van der Waals surface area contributed by atoms with Gasteiger partial charge in [0.1, 0.15) is 5.82 Å². The van der Waals surface area contributed by atoms with Crippen LogP contribution in [0.25, 0.3) is 0 Å². The molecule has 0 aliphatic carbocycles. The maximum absolute atomic E-state index is 13.0. The molecule has 4 nitrogen and oxygen atoms in total. The van der Waals surface area contributed by atoms with Crippen molar-refractivity contribution in [1.29, 1.82) is 0 Å². The number of benzene rings is 2. The Morgan fingerprint density at radius 1 is 1.04 bits per heavy atom. The van der Waals surface area contributed by atoms with Gasteiger partial charge in [-0.25, -0.2) is 4.39 Å². The molecule has 0 spiro atoms. The number of carbonyl (C=O) groups is 1. The van der Waals surface area contributed by atoms with E-state index in [2.05, 4.69) is 4.90 Å². The minimum Gasteiger partial charge on any atom is -0.399 e. The van der Waals surface area contributed by atoms with Gasteiger partial charge in [0.05, 0.1) is 10.6 Å². The molecule has 0 bridgehead atoms. The van der Waals surface area contributed by atoms with E-state index in [9.17, 15) is 9.18 Å². The number of hydrogen-bond donors (Lipinski definition) is 1. The lowest BCUT2D eigenvalue weighted by atomic mass is 10.1. The van der Waals surface area contributed by atoms with E-state index in [1.165, 1.54) is 12.1 Å². The lowest BCUT2D eigenvalue weighted by Crippen LogP contribution is -2.48. The molecule has 2 N–H and O–H groups in total. The predicted octanol–water partition coefficient (Wildman–Crippen LogP) is 3.02. The zero-order valence-electron chi connectivity index (χ0n) is 12.5. The van der Waals surface area contributed by atoms with Gasteiger partial charge in [-0.05, 0) is 42.5 Å². The van der Waals surface area contributed by atoms with Crippen LogP contribution in [0.15, 0.2) is 42.5 Å². The van der Waals surface area contributed by atoms with E-state index in [4.69, 9.17) is 17.3 Å². The Morgan fingerprint density at radius 3 is 2.35 bits per heavy atom. The van der Waals surface area contributed by atoms with Gasteiger partial charge in [-0.3, -0.25) is 4.79 Å². The van der Waals surface area contributed by atoms with Crippen molar-refractivity contribution in [2.75, 3.05) is 36.8 Å². The summed E-state index contributed by atoms with van der Waals surface area (Å²) in [4.78, 5) is 16.5. The molecule has 2 aromatic carbocycles. The Kier molecular flexibility index (Phi) is 4.39. The van der Waals surface area contributed by atoms with Crippen LogP contribution < -0.4 is 10.6 Å². The van der Waals surface area contributed by atoms with Gasteiger partial charge in [-0.2, -0.15) is 0 Å². The van der Waals surface area contributed by atoms with Crippen LogP contribution in [0.5, 0.6) is 0 Å². The summed E-state index contributed by atoms with van der Waals surface area (Å²) in [5.41, 5.74) is 7.64. The highest BCUT2D eigenvalue weighted by Gasteiger charge is 2.23. The monoisotopic (exact) mass is 333 g/mol. The fraction of sp³-hybridized carbons (Fsp3) is 0.235. The molecule has 1 aliphatic rings. The van der Waals surface area contributed by atoms with Crippen molar-refractivity contribution in [2.45, 2.75) is 0 Å². The van der Waals surface area contributed by atoms with E-state index in [0.29, 0.717) is 42.5 Å². The summed E-state index contributed by atoms with van der Waals surface area (Å²) in [5.74, 6) is -0.361. The standard InChI is InChI=1S/C17H17ClFN3O/c18-16-6-3-13(20)11-15(16)17(23)22-9-7-21(8-10-22)14-4-1-12(19)2-5-14/h1-6,11H,7-10,20H2. The Hall–Kier alpha value is -2.27. The van der Waals surface area contributed by atoms with Crippen LogP contribution in [0.2, 0.25) is 5.02 Å². The summed E-state index contributed by atoms with van der Waals surface area (Å²) in [6.45, 7) is 2.55. The smallest absolute Gasteiger partial charge is 0.255 e. The van der Waals surface area contributed by atoms with Gasteiger partial charge in [0.25, 0.3) is 5.91 Å². The van der Waals surface area contributed by atoms with Gasteiger partial charge in [0.2, 0.25) is 0 Å². The molecule has 6 heteroatoms. The Morgan fingerprint density at radius 2 is 1.70 bits per heavy atom. The first-order valence-electron chi connectivity index (χ1n) is 7.39. The maximum atomic E-state index is 13.0. The molecule has 1 aliphatic heterocycles. The fourth-order valence-corrected chi connectivity index (χ4v) is 2.90. The van der Waals surface area contributed by atoms with Crippen molar-refractivity contribution < 1.29 is 9.18 Å². The summed E-state index contributed by atoms with van der Waals surface area (Å²) in [7, 11) is 0. The van der Waals surface area contributed by atoms with Crippen molar-refractivity contribution in [1.82, 2.24) is 4.90 Å². The number of nitrogen functional groups attached to an aromatic ring is 1. The summed E-state index contributed by atoms with van der Waals surface area (Å²) in [6.07, 6.45) is 0. The first-order chi connectivity index (χ1) is 11.0. The van der Waals surface area contributed by atoms with Crippen LogP contribution in [-0.2, 0) is 0 Å². The van der Waals surface area contributed by atoms with Crippen molar-refractivity contribution in [2.24, 2.45) is 0 Å². The molecule has 0 aromatic heterocycles. The predicted molar refractivity (Wildman–Crippen MR) is 90.4 cm³/mol. The highest BCUT2D eigenvalue weighted by Crippen LogP contribution is 2.22. The normalized spacial score (nSPS) is 14.9. The van der Waals surface area contributed by atoms with E-state index >= 15 is 0 Å². The van der Waals surface area contributed by atoms with Crippen molar-refractivity contribution in [3.8, 4) is 0 Å². The lowest BCUT2D eigenvalue weighted by molar-refractivity contribution is 0.0747. The number of piperazine rings is 1. The number of nitrogens with two attached hydrogens (primary N) is 1. The zero-order valence-corrected chi connectivity index (χ0v) is 13.3. The molecule has 1 fully saturated rings. The van der Waals surface area contributed by atoms with Crippen molar-refractivity contribution >= 4 is 28.9 Å². The molecule has 0 saturated carbocycles. The number of carbonyl (C=O) groups excluding carboxylic acids is 1. The van der Waals surface area contributed by atoms with Gasteiger partial charge < -0.3 is 15.5 Å². The Bertz CT molecular complexity index is 712. The zero-order chi connectivity index (χ0) is 16.4. The van der Waals surface area contributed by atoms with Gasteiger partial charge >= 0.3 is 0 Å². The summed E-state index contributed by atoms with van der Waals surface area (Å²) >= 11 is 6.10. The van der Waals surface area contributed by atoms with Gasteiger partial charge in [-0.15, -0.1) is 0 Å². The largest absolute Gasteiger partial charge is 0.399 e. The first kappa shape index (κ1) is 15.6. The summed E-state index contributed by atoms with van der Waals surface area (Å²) in [6, 6.07) is 11.3. The number of anilines is 2. The Balaban J connectivity index is 1.67. The van der Waals surface area contributed by atoms with E-state index < -0.39 is 0 Å². The minimum atomic E-state index is -0.251. The van der Waals surface area contributed by atoms with E-state index in [0.717, 1.165) is 5.69 Å². The molecular weight excluding hydrogens is 317 g/mol. The third-order valence-electron chi connectivity index (χ3n) is 3.98. The second-order valence-electron chi connectivity index (χ2n) is 5.49. The molecule has 0 atom stereocenters. The molecule has 3 rings (SSSR count). The van der Waals surface area contributed by atoms with Gasteiger partial charge in [0, 0.05) is 37.6 Å². The number of halogens is 2. The van der Waals surface area contributed by atoms with Crippen LogP contribution in [-0.4, -0.2) is 37.0 Å². The summed E-state index contributed by atoms with van der Waals surface area (Å²) < 4.78 is 13.0.